The second-order valence-electron chi connectivity index (χ2n) is 6.16. The Morgan fingerprint density at radius 3 is 2.58 bits per heavy atom. The Morgan fingerprint density at radius 1 is 1.15 bits per heavy atom. The van der Waals surface area contributed by atoms with E-state index in [0.717, 1.165) is 61.0 Å². The number of nitro benzene ring substituents is 1. The van der Waals surface area contributed by atoms with E-state index >= 15 is 0 Å². The van der Waals surface area contributed by atoms with E-state index in [-0.39, 0.29) is 10.6 Å². The van der Waals surface area contributed by atoms with Gasteiger partial charge in [-0.2, -0.15) is 0 Å². The third kappa shape index (κ3) is 5.45. The number of non-ortho nitro benzene ring substituents is 1. The van der Waals surface area contributed by atoms with Gasteiger partial charge >= 0.3 is 0 Å². The van der Waals surface area contributed by atoms with E-state index in [1.54, 1.807) is 23.9 Å². The molecule has 0 radical (unpaired) electrons. The first-order chi connectivity index (χ1) is 12.6. The number of hydrogen-bond donors (Lipinski definition) is 0. The average Bonchev–Trinajstić information content (AvgIpc) is 2.65. The van der Waals surface area contributed by atoms with Crippen molar-refractivity contribution in [3.05, 3.63) is 63.2 Å². The summed E-state index contributed by atoms with van der Waals surface area (Å²) < 4.78 is 5.37. The summed E-state index contributed by atoms with van der Waals surface area (Å²) in [6.07, 6.45) is 1.78. The zero-order valence-electron chi connectivity index (χ0n) is 14.4. The Hall–Kier alpha value is -1.60. The first kappa shape index (κ1) is 19.2. The molecule has 0 amide bonds. The van der Waals surface area contributed by atoms with Crippen molar-refractivity contribution in [2.24, 2.45) is 0 Å². The first-order valence-corrected chi connectivity index (χ1v) is 9.82. The quantitative estimate of drug-likeness (QED) is 0.506. The number of aryl methyl sites for hydroxylation is 1. The van der Waals surface area contributed by atoms with E-state index in [9.17, 15) is 10.1 Å². The second-order valence-corrected chi connectivity index (χ2v) is 7.71. The maximum Gasteiger partial charge on any atom is 0.269 e. The van der Waals surface area contributed by atoms with Crippen LogP contribution in [-0.2, 0) is 11.2 Å². The van der Waals surface area contributed by atoms with Gasteiger partial charge in [0.2, 0.25) is 0 Å². The minimum Gasteiger partial charge on any atom is -0.379 e. The van der Waals surface area contributed by atoms with E-state index in [0.29, 0.717) is 5.02 Å². The van der Waals surface area contributed by atoms with Crippen LogP contribution in [0.5, 0.6) is 0 Å². The molecule has 1 fully saturated rings. The summed E-state index contributed by atoms with van der Waals surface area (Å²) in [4.78, 5) is 15.3. The van der Waals surface area contributed by atoms with Crippen LogP contribution in [0.4, 0.5) is 5.69 Å². The molecular weight excluding hydrogens is 372 g/mol. The smallest absolute Gasteiger partial charge is 0.269 e. The van der Waals surface area contributed by atoms with Crippen LogP contribution >= 0.6 is 23.4 Å². The Labute approximate surface area is 162 Å². The van der Waals surface area contributed by atoms with Crippen molar-refractivity contribution >= 4 is 29.1 Å². The van der Waals surface area contributed by atoms with Gasteiger partial charge in [0.05, 0.1) is 18.1 Å². The lowest BCUT2D eigenvalue weighted by Crippen LogP contribution is -2.36. The summed E-state index contributed by atoms with van der Waals surface area (Å²) in [5, 5.41) is 11.8. The summed E-state index contributed by atoms with van der Waals surface area (Å²) in [6.45, 7) is 4.47. The lowest BCUT2D eigenvalue weighted by Gasteiger charge is -2.26. The van der Waals surface area contributed by atoms with Gasteiger partial charge in [-0.15, -0.1) is 0 Å². The van der Waals surface area contributed by atoms with E-state index in [1.807, 2.05) is 30.3 Å². The number of morpholine rings is 1. The molecule has 1 aliphatic rings. The minimum absolute atomic E-state index is 0.145. The van der Waals surface area contributed by atoms with Crippen LogP contribution in [0.3, 0.4) is 0 Å². The van der Waals surface area contributed by atoms with E-state index < -0.39 is 0 Å². The summed E-state index contributed by atoms with van der Waals surface area (Å²) in [6, 6.07) is 12.8. The van der Waals surface area contributed by atoms with Gasteiger partial charge in [0.15, 0.2) is 0 Å². The van der Waals surface area contributed by atoms with Crippen molar-refractivity contribution in [3.63, 3.8) is 0 Å². The molecule has 0 unspecified atom stereocenters. The predicted octanol–water partition coefficient (Wildman–Crippen LogP) is 4.66. The third-order valence-electron chi connectivity index (χ3n) is 4.32. The fourth-order valence-corrected chi connectivity index (χ4v) is 4.00. The van der Waals surface area contributed by atoms with Crippen LogP contribution in [0.25, 0.3) is 0 Å². The summed E-state index contributed by atoms with van der Waals surface area (Å²) in [5.41, 5.74) is 1.17. The molecule has 0 saturated carbocycles. The van der Waals surface area contributed by atoms with Gasteiger partial charge in [-0.1, -0.05) is 23.4 Å². The molecule has 1 saturated heterocycles. The normalized spacial score (nSPS) is 15.1. The van der Waals surface area contributed by atoms with Crippen molar-refractivity contribution in [1.29, 1.82) is 0 Å². The van der Waals surface area contributed by atoms with Crippen LogP contribution in [0.2, 0.25) is 5.02 Å². The van der Waals surface area contributed by atoms with Gasteiger partial charge in [0, 0.05) is 40.0 Å². The summed E-state index contributed by atoms with van der Waals surface area (Å²) >= 11 is 7.56. The predicted molar refractivity (Wildman–Crippen MR) is 104 cm³/mol. The highest BCUT2D eigenvalue weighted by molar-refractivity contribution is 7.99. The highest BCUT2D eigenvalue weighted by atomic mass is 35.5. The van der Waals surface area contributed by atoms with E-state index in [2.05, 4.69) is 4.90 Å². The number of nitrogens with zero attached hydrogens (tertiary/aromatic N) is 2. The zero-order valence-corrected chi connectivity index (χ0v) is 16.0. The molecule has 0 aliphatic carbocycles. The van der Waals surface area contributed by atoms with Crippen LogP contribution < -0.4 is 0 Å². The molecule has 7 heteroatoms. The van der Waals surface area contributed by atoms with Gasteiger partial charge < -0.3 is 4.74 Å². The maximum atomic E-state index is 11.1. The molecule has 5 nitrogen and oxygen atoms in total. The molecule has 3 rings (SSSR count). The number of hydrogen-bond acceptors (Lipinski definition) is 5. The number of halogens is 1. The van der Waals surface area contributed by atoms with Crippen LogP contribution in [0.15, 0.2) is 52.3 Å². The Morgan fingerprint density at radius 2 is 1.88 bits per heavy atom. The summed E-state index contributed by atoms with van der Waals surface area (Å²) in [5.74, 6) is 0. The van der Waals surface area contributed by atoms with Gasteiger partial charge in [0.25, 0.3) is 5.69 Å². The van der Waals surface area contributed by atoms with Crippen LogP contribution in [0.1, 0.15) is 12.0 Å². The van der Waals surface area contributed by atoms with Gasteiger partial charge in [0.1, 0.15) is 0 Å². The molecule has 0 N–H and O–H groups in total. The largest absolute Gasteiger partial charge is 0.379 e. The number of nitro groups is 1. The molecule has 2 aromatic carbocycles. The van der Waals surface area contributed by atoms with Crippen molar-refractivity contribution < 1.29 is 9.66 Å². The van der Waals surface area contributed by atoms with Gasteiger partial charge in [-0.3, -0.25) is 15.0 Å². The molecule has 0 aromatic heterocycles. The van der Waals surface area contributed by atoms with Crippen LogP contribution in [-0.4, -0.2) is 42.7 Å². The standard InChI is InChI=1S/C19H21ClN2O3S/c20-16-3-6-18(7-4-16)26-19-8-5-17(22(23)24)14-15(19)2-1-9-21-10-12-25-13-11-21/h3-8,14H,1-2,9-13H2. The van der Waals surface area contributed by atoms with Gasteiger partial charge in [-0.05, 0) is 55.3 Å². The molecule has 0 atom stereocenters. The topological polar surface area (TPSA) is 55.6 Å². The van der Waals surface area contributed by atoms with Crippen molar-refractivity contribution in [3.8, 4) is 0 Å². The fourth-order valence-electron chi connectivity index (χ4n) is 2.92. The summed E-state index contributed by atoms with van der Waals surface area (Å²) in [7, 11) is 0. The molecule has 138 valence electrons. The highest BCUT2D eigenvalue weighted by Gasteiger charge is 2.14. The van der Waals surface area contributed by atoms with Gasteiger partial charge in [-0.25, -0.2) is 0 Å². The van der Waals surface area contributed by atoms with E-state index in [4.69, 9.17) is 16.3 Å². The molecule has 2 aromatic rings. The Bertz CT molecular complexity index is 749. The number of benzene rings is 2. The highest BCUT2D eigenvalue weighted by Crippen LogP contribution is 2.33. The van der Waals surface area contributed by atoms with Crippen LogP contribution in [0, 0.1) is 10.1 Å². The fraction of sp³-hybridized carbons (Fsp3) is 0.368. The lowest BCUT2D eigenvalue weighted by atomic mass is 10.1. The maximum absolute atomic E-state index is 11.1. The monoisotopic (exact) mass is 392 g/mol. The molecular formula is C19H21ClN2O3S. The van der Waals surface area contributed by atoms with Crippen molar-refractivity contribution in [1.82, 2.24) is 4.90 Å². The molecule has 0 spiro atoms. The number of ether oxygens (including phenoxy) is 1. The first-order valence-electron chi connectivity index (χ1n) is 8.62. The lowest BCUT2D eigenvalue weighted by molar-refractivity contribution is -0.385. The van der Waals surface area contributed by atoms with Crippen molar-refractivity contribution in [2.75, 3.05) is 32.8 Å². The Balaban J connectivity index is 1.70. The zero-order chi connectivity index (χ0) is 18.4. The Kier molecular flexibility index (Phi) is 6.91. The minimum atomic E-state index is -0.331. The molecule has 1 aliphatic heterocycles. The second kappa shape index (κ2) is 9.37. The average molecular weight is 393 g/mol. The molecule has 1 heterocycles. The molecule has 0 bridgehead atoms. The SMILES string of the molecule is O=[N+]([O-])c1ccc(Sc2ccc(Cl)cc2)c(CCCN2CCOCC2)c1. The third-order valence-corrected chi connectivity index (χ3v) is 5.70. The number of rotatable bonds is 7. The van der Waals surface area contributed by atoms with E-state index in [1.165, 1.54) is 0 Å². The molecule has 26 heavy (non-hydrogen) atoms. The van der Waals surface area contributed by atoms with Crippen molar-refractivity contribution in [2.45, 2.75) is 22.6 Å².